The van der Waals surface area contributed by atoms with E-state index in [0.29, 0.717) is 0 Å². The molecule has 0 saturated heterocycles. The van der Waals surface area contributed by atoms with Crippen molar-refractivity contribution in [2.45, 2.75) is 26.0 Å². The molecule has 18 heavy (non-hydrogen) atoms. The number of aromatic nitrogens is 1. The molecule has 1 N–H and O–H groups in total. The van der Waals surface area contributed by atoms with Gasteiger partial charge in [0.25, 0.3) is 0 Å². The topological polar surface area (TPSA) is 26.2 Å². The summed E-state index contributed by atoms with van der Waals surface area (Å²) >= 11 is 0. The van der Waals surface area contributed by atoms with Gasteiger partial charge < -0.3 is 14.6 Å². The fraction of sp³-hybridized carbons (Fsp3) is 0.467. The molecule has 0 saturated carbocycles. The van der Waals surface area contributed by atoms with Crippen LogP contribution in [-0.4, -0.2) is 23.8 Å². The molecule has 1 heterocycles. The zero-order valence-corrected chi connectivity index (χ0v) is 11.7. The number of nitrogens with one attached hydrogen (secondary N) is 1. The van der Waals surface area contributed by atoms with Crippen LogP contribution in [0.3, 0.4) is 0 Å². The maximum Gasteiger partial charge on any atom is 0.0746 e. The molecule has 3 heteroatoms. The lowest BCUT2D eigenvalue weighted by Crippen LogP contribution is -2.36. The van der Waals surface area contributed by atoms with Gasteiger partial charge in [-0.25, -0.2) is 0 Å². The van der Waals surface area contributed by atoms with Gasteiger partial charge in [0, 0.05) is 44.3 Å². The molecule has 0 amide bonds. The van der Waals surface area contributed by atoms with E-state index in [0.717, 1.165) is 13.1 Å². The summed E-state index contributed by atoms with van der Waals surface area (Å²) < 4.78 is 7.58. The van der Waals surface area contributed by atoms with Crippen LogP contribution in [-0.2, 0) is 18.3 Å². The third kappa shape index (κ3) is 2.74. The minimum Gasteiger partial charge on any atom is -0.377 e. The van der Waals surface area contributed by atoms with Gasteiger partial charge in [-0.2, -0.15) is 0 Å². The predicted octanol–water partition coefficient (Wildman–Crippen LogP) is 2.69. The number of nitrogens with zero attached hydrogens (tertiary/aromatic N) is 1. The van der Waals surface area contributed by atoms with Crippen molar-refractivity contribution in [2.75, 3.05) is 13.7 Å². The Morgan fingerprint density at radius 1 is 1.28 bits per heavy atom. The van der Waals surface area contributed by atoms with Crippen LogP contribution in [0.15, 0.2) is 30.5 Å². The van der Waals surface area contributed by atoms with Gasteiger partial charge in [-0.15, -0.1) is 0 Å². The number of benzene rings is 1. The van der Waals surface area contributed by atoms with Crippen molar-refractivity contribution in [3.63, 3.8) is 0 Å². The third-order valence-electron chi connectivity index (χ3n) is 3.40. The number of fused-ring (bicyclic) bond motifs is 1. The summed E-state index contributed by atoms with van der Waals surface area (Å²) in [5.74, 6) is 0. The van der Waals surface area contributed by atoms with Crippen molar-refractivity contribution in [1.29, 1.82) is 0 Å². The largest absolute Gasteiger partial charge is 0.377 e. The minimum absolute atomic E-state index is 0.120. The van der Waals surface area contributed by atoms with Crippen LogP contribution in [0.1, 0.15) is 19.4 Å². The van der Waals surface area contributed by atoms with E-state index in [1.54, 1.807) is 7.11 Å². The standard InChI is InChI=1S/C15H22N2O/c1-15(2,18-4)11-16-9-12-10-17(3)14-8-6-5-7-13(12)14/h5-8,10,16H,9,11H2,1-4H3. The maximum absolute atomic E-state index is 5.40. The summed E-state index contributed by atoms with van der Waals surface area (Å²) in [4.78, 5) is 0. The van der Waals surface area contributed by atoms with Crippen molar-refractivity contribution >= 4 is 10.9 Å². The monoisotopic (exact) mass is 246 g/mol. The van der Waals surface area contributed by atoms with Gasteiger partial charge in [-0.3, -0.25) is 0 Å². The number of rotatable bonds is 5. The number of para-hydroxylation sites is 1. The lowest BCUT2D eigenvalue weighted by molar-refractivity contribution is 0.0231. The summed E-state index contributed by atoms with van der Waals surface area (Å²) in [6.07, 6.45) is 2.19. The maximum atomic E-state index is 5.40. The number of hydrogen-bond acceptors (Lipinski definition) is 2. The van der Waals surface area contributed by atoms with E-state index < -0.39 is 0 Å². The van der Waals surface area contributed by atoms with Crippen LogP contribution >= 0.6 is 0 Å². The molecule has 0 aliphatic heterocycles. The molecule has 0 radical (unpaired) electrons. The van der Waals surface area contributed by atoms with Crippen LogP contribution in [0.2, 0.25) is 0 Å². The second kappa shape index (κ2) is 5.12. The summed E-state index contributed by atoms with van der Waals surface area (Å²) in [5, 5.41) is 4.78. The smallest absolute Gasteiger partial charge is 0.0746 e. The molecular weight excluding hydrogens is 224 g/mol. The average molecular weight is 246 g/mol. The van der Waals surface area contributed by atoms with Gasteiger partial charge >= 0.3 is 0 Å². The lowest BCUT2D eigenvalue weighted by Gasteiger charge is -2.23. The Balaban J connectivity index is 2.09. The SMILES string of the molecule is COC(C)(C)CNCc1cn(C)c2ccccc12. The van der Waals surface area contributed by atoms with Crippen molar-refractivity contribution in [2.24, 2.45) is 7.05 Å². The zero-order valence-electron chi connectivity index (χ0n) is 11.7. The van der Waals surface area contributed by atoms with Crippen LogP contribution < -0.4 is 5.32 Å². The first-order chi connectivity index (χ1) is 8.53. The molecule has 0 fully saturated rings. The summed E-state index contributed by atoms with van der Waals surface area (Å²) in [6.45, 7) is 5.88. The number of aryl methyl sites for hydroxylation is 1. The first-order valence-corrected chi connectivity index (χ1v) is 6.32. The Morgan fingerprint density at radius 3 is 2.72 bits per heavy atom. The van der Waals surface area contributed by atoms with E-state index in [1.165, 1.54) is 16.5 Å². The predicted molar refractivity (Wildman–Crippen MR) is 75.7 cm³/mol. The van der Waals surface area contributed by atoms with Crippen LogP contribution in [0, 0.1) is 0 Å². The zero-order chi connectivity index (χ0) is 13.2. The molecule has 1 aromatic carbocycles. The van der Waals surface area contributed by atoms with Crippen LogP contribution in [0.25, 0.3) is 10.9 Å². The molecule has 0 unspecified atom stereocenters. The van der Waals surface area contributed by atoms with Gasteiger partial charge in [-0.05, 0) is 25.5 Å². The fourth-order valence-corrected chi connectivity index (χ4v) is 2.14. The summed E-state index contributed by atoms with van der Waals surface area (Å²) in [6, 6.07) is 8.49. The Bertz CT molecular complexity index is 528. The number of methoxy groups -OCH3 is 1. The van der Waals surface area contributed by atoms with Crippen LogP contribution in [0.5, 0.6) is 0 Å². The van der Waals surface area contributed by atoms with Crippen molar-refractivity contribution in [3.05, 3.63) is 36.0 Å². The first-order valence-electron chi connectivity index (χ1n) is 6.32. The quantitative estimate of drug-likeness (QED) is 0.878. The van der Waals surface area contributed by atoms with Gasteiger partial charge in [-0.1, -0.05) is 18.2 Å². The van der Waals surface area contributed by atoms with E-state index >= 15 is 0 Å². The molecule has 2 rings (SSSR count). The Kier molecular flexibility index (Phi) is 3.73. The van der Waals surface area contributed by atoms with E-state index in [-0.39, 0.29) is 5.60 Å². The van der Waals surface area contributed by atoms with Crippen LogP contribution in [0.4, 0.5) is 0 Å². The van der Waals surface area contributed by atoms with Gasteiger partial charge in [0.2, 0.25) is 0 Å². The Morgan fingerprint density at radius 2 is 2.00 bits per heavy atom. The minimum atomic E-state index is -0.120. The molecule has 0 spiro atoms. The van der Waals surface area contributed by atoms with Crippen molar-refractivity contribution in [1.82, 2.24) is 9.88 Å². The Hall–Kier alpha value is -1.32. The van der Waals surface area contributed by atoms with Gasteiger partial charge in [0.05, 0.1) is 5.60 Å². The van der Waals surface area contributed by atoms with Gasteiger partial charge in [0.1, 0.15) is 0 Å². The molecule has 3 nitrogen and oxygen atoms in total. The molecule has 2 aromatic rings. The summed E-state index contributed by atoms with van der Waals surface area (Å²) in [7, 11) is 3.84. The first kappa shape index (κ1) is 13.1. The highest BCUT2D eigenvalue weighted by atomic mass is 16.5. The third-order valence-corrected chi connectivity index (χ3v) is 3.40. The van der Waals surface area contributed by atoms with Gasteiger partial charge in [0.15, 0.2) is 0 Å². The second-order valence-electron chi connectivity index (χ2n) is 5.35. The molecule has 0 aliphatic carbocycles. The average Bonchev–Trinajstić information content (AvgIpc) is 2.67. The molecule has 0 aliphatic rings. The highest BCUT2D eigenvalue weighted by molar-refractivity contribution is 5.83. The molecule has 1 aromatic heterocycles. The highest BCUT2D eigenvalue weighted by Crippen LogP contribution is 2.20. The van der Waals surface area contributed by atoms with E-state index in [2.05, 4.69) is 61.2 Å². The fourth-order valence-electron chi connectivity index (χ4n) is 2.14. The Labute approximate surface area is 109 Å². The number of ether oxygens (including phenoxy) is 1. The second-order valence-corrected chi connectivity index (χ2v) is 5.35. The molecule has 0 bridgehead atoms. The molecule has 98 valence electrons. The van der Waals surface area contributed by atoms with E-state index in [1.807, 2.05) is 0 Å². The van der Waals surface area contributed by atoms with E-state index in [9.17, 15) is 0 Å². The molecular formula is C15H22N2O. The highest BCUT2D eigenvalue weighted by Gasteiger charge is 2.15. The normalized spacial score (nSPS) is 12.2. The number of hydrogen-bond donors (Lipinski definition) is 1. The van der Waals surface area contributed by atoms with Crippen molar-refractivity contribution < 1.29 is 4.74 Å². The summed E-state index contributed by atoms with van der Waals surface area (Å²) in [5.41, 5.74) is 2.49. The van der Waals surface area contributed by atoms with Crippen molar-refractivity contribution in [3.8, 4) is 0 Å². The van der Waals surface area contributed by atoms with E-state index in [4.69, 9.17) is 4.74 Å². The molecule has 0 atom stereocenters. The lowest BCUT2D eigenvalue weighted by atomic mass is 10.1.